The van der Waals surface area contributed by atoms with E-state index >= 15 is 0 Å². The van der Waals surface area contributed by atoms with Crippen molar-refractivity contribution in [3.05, 3.63) is 95.8 Å². The van der Waals surface area contributed by atoms with E-state index < -0.39 is 0 Å². The summed E-state index contributed by atoms with van der Waals surface area (Å²) in [6, 6.07) is 24.4. The van der Waals surface area contributed by atoms with Crippen LogP contribution in [0.5, 0.6) is 0 Å². The quantitative estimate of drug-likeness (QED) is 0.478. The van der Waals surface area contributed by atoms with Gasteiger partial charge in [0.1, 0.15) is 12.4 Å². The molecule has 0 aromatic heterocycles. The van der Waals surface area contributed by atoms with Crippen LogP contribution in [0.25, 0.3) is 11.1 Å². The molecule has 0 aliphatic heterocycles. The number of hydrogen-bond acceptors (Lipinski definition) is 2. The van der Waals surface area contributed by atoms with E-state index in [0.717, 1.165) is 16.7 Å². The lowest BCUT2D eigenvalue weighted by atomic mass is 10.0. The molecule has 0 saturated carbocycles. The zero-order valence-electron chi connectivity index (χ0n) is 12.5. The standard InChI is InChI=1S/C20H16FNO/c21-19-11-6-7-16(13-19)14-22-23-15-18-10-4-5-12-20(18)17-8-2-1-3-9-17/h1-14H,15H2. The van der Waals surface area contributed by atoms with Crippen molar-refractivity contribution in [2.45, 2.75) is 6.61 Å². The maximum atomic E-state index is 13.1. The predicted molar refractivity (Wildman–Crippen MR) is 90.7 cm³/mol. The number of hydrogen-bond donors (Lipinski definition) is 0. The summed E-state index contributed by atoms with van der Waals surface area (Å²) < 4.78 is 13.1. The smallest absolute Gasteiger partial charge is 0.142 e. The summed E-state index contributed by atoms with van der Waals surface area (Å²) in [7, 11) is 0. The summed E-state index contributed by atoms with van der Waals surface area (Å²) in [6.45, 7) is 0.358. The van der Waals surface area contributed by atoms with Crippen LogP contribution in [0.15, 0.2) is 84.0 Å². The molecule has 114 valence electrons. The molecule has 3 rings (SSSR count). The molecular weight excluding hydrogens is 289 g/mol. The highest BCUT2D eigenvalue weighted by molar-refractivity contribution is 5.78. The monoisotopic (exact) mass is 305 g/mol. The Labute approximate surface area is 134 Å². The fourth-order valence-corrected chi connectivity index (χ4v) is 2.34. The molecule has 3 aromatic rings. The molecule has 0 radical (unpaired) electrons. The van der Waals surface area contributed by atoms with Crippen LogP contribution in [0, 0.1) is 5.82 Å². The number of benzene rings is 3. The Kier molecular flexibility index (Phi) is 4.79. The molecule has 0 fully saturated rings. The van der Waals surface area contributed by atoms with Gasteiger partial charge < -0.3 is 4.84 Å². The summed E-state index contributed by atoms with van der Waals surface area (Å²) in [6.07, 6.45) is 1.51. The summed E-state index contributed by atoms with van der Waals surface area (Å²) in [5.41, 5.74) is 3.98. The van der Waals surface area contributed by atoms with E-state index in [1.807, 2.05) is 36.4 Å². The van der Waals surface area contributed by atoms with Crippen molar-refractivity contribution in [2.75, 3.05) is 0 Å². The van der Waals surface area contributed by atoms with Crippen molar-refractivity contribution in [3.8, 4) is 11.1 Å². The minimum atomic E-state index is -0.289. The van der Waals surface area contributed by atoms with Gasteiger partial charge in [-0.15, -0.1) is 0 Å². The molecule has 3 heteroatoms. The SMILES string of the molecule is Fc1cccc(C=NOCc2ccccc2-c2ccccc2)c1. The van der Waals surface area contributed by atoms with Crippen LogP contribution in [-0.2, 0) is 11.4 Å². The zero-order chi connectivity index (χ0) is 15.9. The van der Waals surface area contributed by atoms with Gasteiger partial charge in [-0.25, -0.2) is 4.39 Å². The molecule has 0 aliphatic carbocycles. The Hall–Kier alpha value is -2.94. The Morgan fingerprint density at radius 2 is 1.65 bits per heavy atom. The number of nitrogens with zero attached hydrogens (tertiary/aromatic N) is 1. The Bertz CT molecular complexity index is 800. The van der Waals surface area contributed by atoms with E-state index in [-0.39, 0.29) is 5.82 Å². The van der Waals surface area contributed by atoms with Crippen molar-refractivity contribution in [1.29, 1.82) is 0 Å². The lowest BCUT2D eigenvalue weighted by molar-refractivity contribution is 0.132. The van der Waals surface area contributed by atoms with Crippen LogP contribution >= 0.6 is 0 Å². The first-order valence-corrected chi connectivity index (χ1v) is 7.37. The van der Waals surface area contributed by atoms with E-state index in [9.17, 15) is 4.39 Å². The van der Waals surface area contributed by atoms with Crippen molar-refractivity contribution in [2.24, 2.45) is 5.16 Å². The van der Waals surface area contributed by atoms with Crippen LogP contribution in [0.1, 0.15) is 11.1 Å². The second kappa shape index (κ2) is 7.36. The maximum absolute atomic E-state index is 13.1. The summed E-state index contributed by atoms with van der Waals surface area (Å²) in [5.74, 6) is -0.289. The molecule has 0 spiro atoms. The van der Waals surface area contributed by atoms with Crippen LogP contribution < -0.4 is 0 Å². The van der Waals surface area contributed by atoms with Crippen LogP contribution in [-0.4, -0.2) is 6.21 Å². The molecule has 0 N–H and O–H groups in total. The van der Waals surface area contributed by atoms with Crippen LogP contribution in [0.4, 0.5) is 4.39 Å². The first-order chi connectivity index (χ1) is 11.3. The minimum absolute atomic E-state index is 0.289. The van der Waals surface area contributed by atoms with Gasteiger partial charge in [-0.2, -0.15) is 0 Å². The molecule has 0 saturated heterocycles. The van der Waals surface area contributed by atoms with Gasteiger partial charge in [0, 0.05) is 0 Å². The third-order valence-corrected chi connectivity index (χ3v) is 3.45. The average molecular weight is 305 g/mol. The van der Waals surface area contributed by atoms with Gasteiger partial charge in [0.2, 0.25) is 0 Å². The van der Waals surface area contributed by atoms with Crippen molar-refractivity contribution in [3.63, 3.8) is 0 Å². The van der Waals surface area contributed by atoms with E-state index in [1.54, 1.807) is 12.1 Å². The van der Waals surface area contributed by atoms with E-state index in [1.165, 1.54) is 18.3 Å². The normalized spacial score (nSPS) is 10.8. The Balaban J connectivity index is 1.69. The fourth-order valence-electron chi connectivity index (χ4n) is 2.34. The molecule has 23 heavy (non-hydrogen) atoms. The van der Waals surface area contributed by atoms with Crippen molar-refractivity contribution in [1.82, 2.24) is 0 Å². The largest absolute Gasteiger partial charge is 0.391 e. The fraction of sp³-hybridized carbons (Fsp3) is 0.0500. The second-order valence-electron chi connectivity index (χ2n) is 5.09. The van der Waals surface area contributed by atoms with Crippen LogP contribution in [0.2, 0.25) is 0 Å². The highest BCUT2D eigenvalue weighted by Gasteiger charge is 2.04. The maximum Gasteiger partial charge on any atom is 0.142 e. The zero-order valence-corrected chi connectivity index (χ0v) is 12.5. The molecular formula is C20H16FNO. The molecule has 0 atom stereocenters. The highest BCUT2D eigenvalue weighted by atomic mass is 19.1. The van der Waals surface area contributed by atoms with Gasteiger partial charge in [0.15, 0.2) is 0 Å². The molecule has 0 bridgehead atoms. The molecule has 0 aliphatic rings. The lowest BCUT2D eigenvalue weighted by Crippen LogP contribution is -1.92. The van der Waals surface area contributed by atoms with E-state index in [4.69, 9.17) is 4.84 Å². The van der Waals surface area contributed by atoms with Gasteiger partial charge in [0.25, 0.3) is 0 Å². The van der Waals surface area contributed by atoms with Gasteiger partial charge in [-0.05, 0) is 34.4 Å². The third-order valence-electron chi connectivity index (χ3n) is 3.45. The summed E-state index contributed by atoms with van der Waals surface area (Å²) in [5, 5.41) is 3.92. The lowest BCUT2D eigenvalue weighted by Gasteiger charge is -2.08. The number of rotatable bonds is 5. The Morgan fingerprint density at radius 3 is 2.48 bits per heavy atom. The first-order valence-electron chi connectivity index (χ1n) is 7.37. The molecule has 0 heterocycles. The van der Waals surface area contributed by atoms with Gasteiger partial charge >= 0.3 is 0 Å². The predicted octanol–water partition coefficient (Wildman–Crippen LogP) is 5.04. The second-order valence-corrected chi connectivity index (χ2v) is 5.09. The highest BCUT2D eigenvalue weighted by Crippen LogP contribution is 2.23. The van der Waals surface area contributed by atoms with Crippen molar-refractivity contribution >= 4 is 6.21 Å². The molecule has 0 unspecified atom stereocenters. The average Bonchev–Trinajstić information content (AvgIpc) is 2.60. The molecule has 2 nitrogen and oxygen atoms in total. The van der Waals surface area contributed by atoms with Gasteiger partial charge in [0.05, 0.1) is 6.21 Å². The van der Waals surface area contributed by atoms with Crippen LogP contribution in [0.3, 0.4) is 0 Å². The first kappa shape index (κ1) is 15.0. The Morgan fingerprint density at radius 1 is 0.870 bits per heavy atom. The number of halogens is 1. The van der Waals surface area contributed by atoms with Crippen molar-refractivity contribution < 1.29 is 9.23 Å². The topological polar surface area (TPSA) is 21.6 Å². The summed E-state index contributed by atoms with van der Waals surface area (Å²) in [4.78, 5) is 5.37. The minimum Gasteiger partial charge on any atom is -0.391 e. The third kappa shape index (κ3) is 4.04. The number of oxime groups is 1. The molecule has 0 amide bonds. The van der Waals surface area contributed by atoms with E-state index in [2.05, 4.69) is 23.4 Å². The summed E-state index contributed by atoms with van der Waals surface area (Å²) >= 11 is 0. The van der Waals surface area contributed by atoms with Gasteiger partial charge in [-0.3, -0.25) is 0 Å². The van der Waals surface area contributed by atoms with E-state index in [0.29, 0.717) is 12.2 Å². The van der Waals surface area contributed by atoms with Gasteiger partial charge in [-0.1, -0.05) is 71.9 Å². The molecule has 3 aromatic carbocycles.